The molecule has 1 aromatic rings. The number of esters is 2. The van der Waals surface area contributed by atoms with Gasteiger partial charge in [0, 0.05) is 0 Å². The number of nitrogens with one attached hydrogen (secondary N) is 1. The van der Waals surface area contributed by atoms with Gasteiger partial charge in [0.1, 0.15) is 6.04 Å². The molecule has 2 atom stereocenters. The molecule has 1 aromatic carbocycles. The van der Waals surface area contributed by atoms with Gasteiger partial charge in [0.05, 0.1) is 17.3 Å². The minimum atomic E-state index is -0.758. The highest BCUT2D eigenvalue weighted by Crippen LogP contribution is 2.43. The van der Waals surface area contributed by atoms with E-state index in [0.29, 0.717) is 16.6 Å². The third kappa shape index (κ3) is 6.44. The smallest absolute Gasteiger partial charge is 0.338 e. The van der Waals surface area contributed by atoms with E-state index in [1.165, 1.54) is 19.1 Å². The second kappa shape index (κ2) is 11.4. The number of hydrogen-bond donors (Lipinski definition) is 1. The second-order valence-corrected chi connectivity index (χ2v) is 9.30. The molecule has 1 N–H and O–H groups in total. The van der Waals surface area contributed by atoms with Gasteiger partial charge in [0.25, 0.3) is 5.91 Å². The van der Waals surface area contributed by atoms with E-state index < -0.39 is 30.5 Å². The summed E-state index contributed by atoms with van der Waals surface area (Å²) >= 11 is 3.83. The van der Waals surface area contributed by atoms with Crippen LogP contribution < -0.4 is 5.32 Å². The molecule has 8 heteroatoms. The fraction of sp³-hybridized carbons (Fsp3) is 0.550. The molecule has 1 amide bonds. The maximum absolute atomic E-state index is 12.2. The molecule has 0 spiro atoms. The molecule has 0 saturated carbocycles. The van der Waals surface area contributed by atoms with Crippen molar-refractivity contribution in [3.05, 3.63) is 35.4 Å². The van der Waals surface area contributed by atoms with E-state index in [2.05, 4.69) is 5.32 Å². The number of thioether (sulfide) groups is 2. The van der Waals surface area contributed by atoms with Crippen molar-refractivity contribution in [1.82, 2.24) is 5.32 Å². The largest absolute Gasteiger partial charge is 0.467 e. The first-order valence-electron chi connectivity index (χ1n) is 9.33. The standard InChI is InChI=1S/C20H27NO5S2/c1-4-13(2)17(19(24)25-3)21-16(22)12-26-18(23)14-6-8-15(9-7-14)20-27-10-5-11-28-20/h6-9,13,17,20H,4-5,10-12H2,1-3H3,(H,21,22)/t13-,17-/m1/s1. The van der Waals surface area contributed by atoms with Crippen molar-refractivity contribution in [3.8, 4) is 0 Å². The van der Waals surface area contributed by atoms with Gasteiger partial charge in [-0.3, -0.25) is 4.79 Å². The number of amides is 1. The van der Waals surface area contributed by atoms with Gasteiger partial charge in [-0.25, -0.2) is 9.59 Å². The zero-order valence-electron chi connectivity index (χ0n) is 16.4. The highest BCUT2D eigenvalue weighted by atomic mass is 32.2. The van der Waals surface area contributed by atoms with Crippen LogP contribution in [0.15, 0.2) is 24.3 Å². The Morgan fingerprint density at radius 2 is 1.82 bits per heavy atom. The molecular weight excluding hydrogens is 398 g/mol. The van der Waals surface area contributed by atoms with Gasteiger partial charge in [-0.1, -0.05) is 32.4 Å². The summed E-state index contributed by atoms with van der Waals surface area (Å²) in [6.45, 7) is 3.32. The Kier molecular flexibility index (Phi) is 9.18. The Labute approximate surface area is 174 Å². The van der Waals surface area contributed by atoms with Gasteiger partial charge in [0.2, 0.25) is 0 Å². The number of carbonyl (C=O) groups is 3. The number of rotatable bonds is 8. The van der Waals surface area contributed by atoms with Crippen molar-refractivity contribution in [2.75, 3.05) is 25.2 Å². The lowest BCUT2D eigenvalue weighted by Gasteiger charge is -2.22. The molecule has 6 nitrogen and oxygen atoms in total. The molecule has 28 heavy (non-hydrogen) atoms. The van der Waals surface area contributed by atoms with Crippen molar-refractivity contribution >= 4 is 41.4 Å². The molecule has 0 aromatic heterocycles. The quantitative estimate of drug-likeness (QED) is 0.639. The summed E-state index contributed by atoms with van der Waals surface area (Å²) in [5, 5.41) is 2.58. The molecule has 1 heterocycles. The first-order valence-corrected chi connectivity index (χ1v) is 11.4. The van der Waals surface area contributed by atoms with Crippen LogP contribution in [0.2, 0.25) is 0 Å². The van der Waals surface area contributed by atoms with Crippen LogP contribution >= 0.6 is 23.5 Å². The van der Waals surface area contributed by atoms with Crippen LogP contribution in [-0.2, 0) is 19.1 Å². The number of ether oxygens (including phenoxy) is 2. The van der Waals surface area contributed by atoms with E-state index in [1.807, 2.05) is 49.5 Å². The lowest BCUT2D eigenvalue weighted by atomic mass is 9.99. The van der Waals surface area contributed by atoms with E-state index in [-0.39, 0.29) is 5.92 Å². The number of benzene rings is 1. The van der Waals surface area contributed by atoms with Crippen molar-refractivity contribution in [2.45, 2.75) is 37.3 Å². The van der Waals surface area contributed by atoms with E-state index in [1.54, 1.807) is 12.1 Å². The molecule has 0 aliphatic carbocycles. The summed E-state index contributed by atoms with van der Waals surface area (Å²) in [5.74, 6) is 0.609. The molecule has 0 unspecified atom stereocenters. The molecule has 1 aliphatic rings. The van der Waals surface area contributed by atoms with Crippen LogP contribution in [0.5, 0.6) is 0 Å². The Hall–Kier alpha value is -1.67. The van der Waals surface area contributed by atoms with Crippen molar-refractivity contribution in [2.24, 2.45) is 5.92 Å². The highest BCUT2D eigenvalue weighted by molar-refractivity contribution is 8.16. The zero-order valence-corrected chi connectivity index (χ0v) is 18.1. The van der Waals surface area contributed by atoms with Crippen molar-refractivity contribution in [3.63, 3.8) is 0 Å². The Morgan fingerprint density at radius 1 is 1.18 bits per heavy atom. The summed E-state index contributed by atoms with van der Waals surface area (Å²) in [6.07, 6.45) is 1.93. The third-order valence-electron chi connectivity index (χ3n) is 4.56. The summed E-state index contributed by atoms with van der Waals surface area (Å²) in [4.78, 5) is 36.1. The van der Waals surface area contributed by atoms with Crippen LogP contribution in [0.4, 0.5) is 0 Å². The number of carbonyl (C=O) groups excluding carboxylic acids is 3. The zero-order chi connectivity index (χ0) is 20.5. The average Bonchev–Trinajstić information content (AvgIpc) is 2.75. The second-order valence-electron chi connectivity index (χ2n) is 6.58. The molecule has 0 bridgehead atoms. The molecule has 2 rings (SSSR count). The monoisotopic (exact) mass is 425 g/mol. The van der Waals surface area contributed by atoms with Crippen molar-refractivity contribution < 1.29 is 23.9 Å². The Morgan fingerprint density at radius 3 is 2.39 bits per heavy atom. The minimum absolute atomic E-state index is 0.0878. The fourth-order valence-electron chi connectivity index (χ4n) is 2.68. The van der Waals surface area contributed by atoms with E-state index in [0.717, 1.165) is 11.5 Å². The van der Waals surface area contributed by atoms with Gasteiger partial charge in [-0.05, 0) is 41.5 Å². The topological polar surface area (TPSA) is 81.7 Å². The van der Waals surface area contributed by atoms with Crippen LogP contribution in [0.3, 0.4) is 0 Å². The molecule has 0 radical (unpaired) electrons. The van der Waals surface area contributed by atoms with Crippen LogP contribution in [-0.4, -0.2) is 49.1 Å². The van der Waals surface area contributed by atoms with Gasteiger partial charge in [-0.2, -0.15) is 0 Å². The first kappa shape index (κ1) is 22.6. The molecular formula is C20H27NO5S2. The van der Waals surface area contributed by atoms with E-state index in [9.17, 15) is 14.4 Å². The number of hydrogen-bond acceptors (Lipinski definition) is 7. The average molecular weight is 426 g/mol. The predicted octanol–water partition coefficient (Wildman–Crippen LogP) is 3.42. The lowest BCUT2D eigenvalue weighted by Crippen LogP contribution is -2.47. The van der Waals surface area contributed by atoms with E-state index in [4.69, 9.17) is 9.47 Å². The Bertz CT molecular complexity index is 674. The normalized spacial score (nSPS) is 16.7. The maximum atomic E-state index is 12.2. The first-order chi connectivity index (χ1) is 13.5. The van der Waals surface area contributed by atoms with Crippen LogP contribution in [0.1, 0.15) is 47.2 Å². The third-order valence-corrected chi connectivity index (χ3v) is 7.58. The maximum Gasteiger partial charge on any atom is 0.338 e. The van der Waals surface area contributed by atoms with Crippen LogP contribution in [0, 0.1) is 5.92 Å². The fourth-order valence-corrected chi connectivity index (χ4v) is 5.58. The highest BCUT2D eigenvalue weighted by Gasteiger charge is 2.27. The lowest BCUT2D eigenvalue weighted by molar-refractivity contribution is -0.147. The molecule has 1 fully saturated rings. The van der Waals surface area contributed by atoms with Gasteiger partial charge < -0.3 is 14.8 Å². The predicted molar refractivity (Wildman–Crippen MR) is 112 cm³/mol. The van der Waals surface area contributed by atoms with Crippen molar-refractivity contribution in [1.29, 1.82) is 0 Å². The number of methoxy groups -OCH3 is 1. The van der Waals surface area contributed by atoms with E-state index >= 15 is 0 Å². The Balaban J connectivity index is 1.86. The summed E-state index contributed by atoms with van der Waals surface area (Å²) in [6, 6.07) is 6.56. The van der Waals surface area contributed by atoms with Crippen LogP contribution in [0.25, 0.3) is 0 Å². The molecule has 154 valence electrons. The summed E-state index contributed by atoms with van der Waals surface area (Å²) < 4.78 is 10.2. The molecule has 1 aliphatic heterocycles. The van der Waals surface area contributed by atoms with Gasteiger partial charge >= 0.3 is 11.9 Å². The minimum Gasteiger partial charge on any atom is -0.467 e. The van der Waals surface area contributed by atoms with Gasteiger partial charge in [-0.15, -0.1) is 23.5 Å². The summed E-state index contributed by atoms with van der Waals surface area (Å²) in [5.41, 5.74) is 1.58. The SMILES string of the molecule is CC[C@@H](C)[C@@H](NC(=O)COC(=O)c1ccc(C2SCCCS2)cc1)C(=O)OC. The van der Waals surface area contributed by atoms with Gasteiger partial charge in [0.15, 0.2) is 6.61 Å². The molecule has 1 saturated heterocycles. The summed E-state index contributed by atoms with van der Waals surface area (Å²) in [7, 11) is 1.28.